The van der Waals surface area contributed by atoms with Gasteiger partial charge in [0.2, 0.25) is 0 Å². The van der Waals surface area contributed by atoms with Crippen molar-refractivity contribution in [1.82, 2.24) is 0 Å². The molecule has 0 aliphatic rings. The number of hydrogen-bond donors (Lipinski definition) is 0. The van der Waals surface area contributed by atoms with Crippen molar-refractivity contribution in [2.75, 3.05) is 14.2 Å². The molecule has 2 heteroatoms. The lowest BCUT2D eigenvalue weighted by Gasteiger charge is -2.23. The monoisotopic (exact) mass is 401 g/mol. The molecule has 0 saturated carbocycles. The third-order valence-corrected chi connectivity index (χ3v) is 6.10. The van der Waals surface area contributed by atoms with E-state index in [1.807, 2.05) is 0 Å². The Hall–Kier alpha value is -2.74. The van der Waals surface area contributed by atoms with Crippen LogP contribution < -0.4 is 9.47 Å². The predicted octanol–water partition coefficient (Wildman–Crippen LogP) is 6.62. The molecule has 1 radical (unpaired) electrons. The number of benzene rings is 3. The molecule has 0 saturated heterocycles. The van der Waals surface area contributed by atoms with E-state index in [0.717, 1.165) is 41.9 Å². The van der Waals surface area contributed by atoms with Crippen LogP contribution in [0.5, 0.6) is 11.5 Å². The van der Waals surface area contributed by atoms with Crippen molar-refractivity contribution in [3.8, 4) is 11.5 Å². The van der Waals surface area contributed by atoms with Crippen molar-refractivity contribution in [3.63, 3.8) is 0 Å². The summed E-state index contributed by atoms with van der Waals surface area (Å²) in [6, 6.07) is 20.8. The fraction of sp³-hybridized carbons (Fsp3) is 0.357. The molecule has 3 rings (SSSR count). The molecule has 0 heterocycles. The van der Waals surface area contributed by atoms with Crippen LogP contribution >= 0.6 is 0 Å². The van der Waals surface area contributed by atoms with Crippen LogP contribution in [0.2, 0.25) is 0 Å². The Balaban J connectivity index is 2.14. The van der Waals surface area contributed by atoms with E-state index in [9.17, 15) is 0 Å². The van der Waals surface area contributed by atoms with Gasteiger partial charge in [0, 0.05) is 5.92 Å². The van der Waals surface area contributed by atoms with Gasteiger partial charge in [-0.3, -0.25) is 0 Å². The molecule has 2 nitrogen and oxygen atoms in total. The molecule has 3 aromatic carbocycles. The van der Waals surface area contributed by atoms with Crippen LogP contribution in [0.1, 0.15) is 58.7 Å². The average molecular weight is 402 g/mol. The van der Waals surface area contributed by atoms with E-state index in [1.54, 1.807) is 14.2 Å². The summed E-state index contributed by atoms with van der Waals surface area (Å²) in [6.45, 7) is 8.70. The van der Waals surface area contributed by atoms with Crippen LogP contribution in [0.25, 0.3) is 0 Å². The minimum Gasteiger partial charge on any atom is -0.496 e. The summed E-state index contributed by atoms with van der Waals surface area (Å²) in [6.07, 6.45) is 3.02. The van der Waals surface area contributed by atoms with Gasteiger partial charge in [0.15, 0.2) is 0 Å². The van der Waals surface area contributed by atoms with Crippen molar-refractivity contribution < 1.29 is 9.47 Å². The summed E-state index contributed by atoms with van der Waals surface area (Å²) >= 11 is 0. The maximum Gasteiger partial charge on any atom is 0.121 e. The third kappa shape index (κ3) is 4.53. The molecule has 0 amide bonds. The largest absolute Gasteiger partial charge is 0.496 e. The van der Waals surface area contributed by atoms with E-state index in [2.05, 4.69) is 82.3 Å². The third-order valence-electron chi connectivity index (χ3n) is 6.10. The number of rotatable bonds is 8. The summed E-state index contributed by atoms with van der Waals surface area (Å²) in [5.74, 6) is 2.12. The fourth-order valence-corrected chi connectivity index (χ4v) is 4.39. The lowest BCUT2D eigenvalue weighted by Crippen LogP contribution is -2.10. The quantitative estimate of drug-likeness (QED) is 0.422. The molecule has 157 valence electrons. The minimum absolute atomic E-state index is 0.261. The van der Waals surface area contributed by atoms with Gasteiger partial charge in [-0.15, -0.1) is 0 Å². The molecule has 0 atom stereocenters. The summed E-state index contributed by atoms with van der Waals surface area (Å²) in [5.41, 5.74) is 9.22. The predicted molar refractivity (Wildman–Crippen MR) is 125 cm³/mol. The highest BCUT2D eigenvalue weighted by molar-refractivity contribution is 5.47. The molecule has 0 spiro atoms. The van der Waals surface area contributed by atoms with E-state index < -0.39 is 0 Å². The van der Waals surface area contributed by atoms with E-state index in [4.69, 9.17) is 9.47 Å². The number of ether oxygens (including phenoxy) is 2. The van der Waals surface area contributed by atoms with Gasteiger partial charge in [0.25, 0.3) is 0 Å². The first-order chi connectivity index (χ1) is 14.5. The van der Waals surface area contributed by atoms with Gasteiger partial charge in [0.1, 0.15) is 11.5 Å². The smallest absolute Gasteiger partial charge is 0.121 e. The normalized spacial score (nSPS) is 11.0. The molecule has 0 fully saturated rings. The van der Waals surface area contributed by atoms with Gasteiger partial charge in [-0.1, -0.05) is 50.2 Å². The van der Waals surface area contributed by atoms with Crippen molar-refractivity contribution in [2.24, 2.45) is 0 Å². The zero-order valence-electron chi connectivity index (χ0n) is 19.1. The summed E-state index contributed by atoms with van der Waals surface area (Å²) in [4.78, 5) is 0. The van der Waals surface area contributed by atoms with Crippen molar-refractivity contribution >= 4 is 0 Å². The Morgan fingerprint density at radius 3 is 1.60 bits per heavy atom. The summed E-state index contributed by atoms with van der Waals surface area (Å²) < 4.78 is 11.0. The molecule has 0 aromatic heterocycles. The highest BCUT2D eigenvalue weighted by atomic mass is 16.5. The average Bonchev–Trinajstić information content (AvgIpc) is 2.77. The Bertz CT molecular complexity index is 928. The fourth-order valence-electron chi connectivity index (χ4n) is 4.39. The van der Waals surface area contributed by atoms with E-state index >= 15 is 0 Å². The Morgan fingerprint density at radius 1 is 0.767 bits per heavy atom. The maximum atomic E-state index is 5.51. The molecule has 0 unspecified atom stereocenters. The molecule has 0 aliphatic heterocycles. The maximum absolute atomic E-state index is 5.51. The van der Waals surface area contributed by atoms with Gasteiger partial charge in [-0.05, 0) is 90.3 Å². The molecular weight excluding hydrogens is 368 g/mol. The molecular formula is C28H33O2. The van der Waals surface area contributed by atoms with E-state index in [-0.39, 0.29) is 5.92 Å². The molecule has 0 aliphatic carbocycles. The lowest BCUT2D eigenvalue weighted by atomic mass is 9.81. The van der Waals surface area contributed by atoms with Crippen LogP contribution in [-0.4, -0.2) is 14.2 Å². The number of aryl methyl sites for hydroxylation is 4. The van der Waals surface area contributed by atoms with Gasteiger partial charge in [0.05, 0.1) is 14.2 Å². The SMILES string of the molecule is CCc1c[c]cc(CC)c1CC(c1ccc(OC)c(C)c1)c1ccc(OC)c(C)c1. The summed E-state index contributed by atoms with van der Waals surface area (Å²) in [5, 5.41) is 0. The highest BCUT2D eigenvalue weighted by Crippen LogP contribution is 2.35. The van der Waals surface area contributed by atoms with Crippen LogP contribution in [-0.2, 0) is 19.3 Å². The van der Waals surface area contributed by atoms with Crippen molar-refractivity contribution in [2.45, 2.75) is 52.9 Å². The summed E-state index contributed by atoms with van der Waals surface area (Å²) in [7, 11) is 3.46. The zero-order valence-corrected chi connectivity index (χ0v) is 19.1. The van der Waals surface area contributed by atoms with Crippen molar-refractivity contribution in [3.05, 3.63) is 93.5 Å². The van der Waals surface area contributed by atoms with Crippen LogP contribution in [0.15, 0.2) is 48.5 Å². The first-order valence-corrected chi connectivity index (χ1v) is 10.8. The van der Waals surface area contributed by atoms with E-state index in [1.165, 1.54) is 27.8 Å². The molecule has 30 heavy (non-hydrogen) atoms. The Morgan fingerprint density at radius 2 is 1.23 bits per heavy atom. The Kier molecular flexibility index (Phi) is 7.20. The molecule has 0 N–H and O–H groups in total. The van der Waals surface area contributed by atoms with Gasteiger partial charge in [-0.2, -0.15) is 0 Å². The zero-order chi connectivity index (χ0) is 21.7. The van der Waals surface area contributed by atoms with Crippen LogP contribution in [0.3, 0.4) is 0 Å². The second-order valence-corrected chi connectivity index (χ2v) is 7.91. The van der Waals surface area contributed by atoms with Gasteiger partial charge < -0.3 is 9.47 Å². The van der Waals surface area contributed by atoms with Crippen LogP contribution in [0.4, 0.5) is 0 Å². The van der Waals surface area contributed by atoms with E-state index in [0.29, 0.717) is 0 Å². The topological polar surface area (TPSA) is 18.5 Å². The second kappa shape index (κ2) is 9.84. The first kappa shape index (κ1) is 22.0. The standard InChI is InChI=1S/C28H33O2/c1-7-21-10-9-11-22(8-2)25(21)18-26(23-12-14-27(29-5)19(3)16-23)24-13-15-28(30-6)20(4)17-24/h10-17,26H,7-8,18H2,1-6H3. The van der Waals surface area contributed by atoms with Crippen molar-refractivity contribution in [1.29, 1.82) is 0 Å². The second-order valence-electron chi connectivity index (χ2n) is 7.91. The number of hydrogen-bond acceptors (Lipinski definition) is 2. The number of methoxy groups -OCH3 is 2. The minimum atomic E-state index is 0.261. The highest BCUT2D eigenvalue weighted by Gasteiger charge is 2.20. The van der Waals surface area contributed by atoms with Gasteiger partial charge >= 0.3 is 0 Å². The lowest BCUT2D eigenvalue weighted by molar-refractivity contribution is 0.411. The van der Waals surface area contributed by atoms with Crippen LogP contribution in [0, 0.1) is 19.9 Å². The first-order valence-electron chi connectivity index (χ1n) is 10.8. The Labute approximate surface area is 181 Å². The molecule has 0 bridgehead atoms. The molecule has 3 aromatic rings. The van der Waals surface area contributed by atoms with Gasteiger partial charge in [-0.25, -0.2) is 0 Å².